The Morgan fingerprint density at radius 2 is 1.81 bits per heavy atom. The van der Waals surface area contributed by atoms with E-state index in [2.05, 4.69) is 0 Å². The Morgan fingerprint density at radius 1 is 1.24 bits per heavy atom. The highest BCUT2D eigenvalue weighted by atomic mass is 35.5. The van der Waals surface area contributed by atoms with Gasteiger partial charge in [-0.05, 0) is 37.0 Å². The van der Waals surface area contributed by atoms with Crippen LogP contribution in [0.2, 0.25) is 10.0 Å². The molecule has 0 fully saturated rings. The van der Waals surface area contributed by atoms with Crippen molar-refractivity contribution in [3.8, 4) is 0 Å². The van der Waals surface area contributed by atoms with Crippen LogP contribution < -0.4 is 5.73 Å². The molecule has 0 saturated heterocycles. The van der Waals surface area contributed by atoms with Crippen molar-refractivity contribution in [3.05, 3.63) is 33.8 Å². The molecular weight excluding hydrogens is 307 g/mol. The highest BCUT2D eigenvalue weighted by molar-refractivity contribution is 6.42. The van der Waals surface area contributed by atoms with Gasteiger partial charge in [-0.1, -0.05) is 50.0 Å². The Bertz CT molecular complexity index is 509. The fourth-order valence-electron chi connectivity index (χ4n) is 1.90. The summed E-state index contributed by atoms with van der Waals surface area (Å²) < 4.78 is 0. The summed E-state index contributed by atoms with van der Waals surface area (Å²) in [6.45, 7) is 10.3. The van der Waals surface area contributed by atoms with Gasteiger partial charge >= 0.3 is 0 Å². The van der Waals surface area contributed by atoms with Crippen molar-refractivity contribution in [2.75, 3.05) is 0 Å². The summed E-state index contributed by atoms with van der Waals surface area (Å²) in [5.74, 6) is -0.0522. The van der Waals surface area contributed by atoms with E-state index in [1.54, 1.807) is 17.0 Å². The van der Waals surface area contributed by atoms with Gasteiger partial charge in [0.2, 0.25) is 5.91 Å². The maximum Gasteiger partial charge on any atom is 0.240 e. The Hall–Kier alpha value is -0.770. The summed E-state index contributed by atoms with van der Waals surface area (Å²) in [4.78, 5) is 14.4. The molecule has 0 saturated carbocycles. The summed E-state index contributed by atoms with van der Waals surface area (Å²) in [5, 5.41) is 1.000. The van der Waals surface area contributed by atoms with Crippen molar-refractivity contribution in [2.24, 2.45) is 11.1 Å². The Kier molecular flexibility index (Phi) is 6.09. The van der Waals surface area contributed by atoms with Crippen LogP contribution in [-0.2, 0) is 11.3 Å². The molecule has 2 N–H and O–H groups in total. The fourth-order valence-corrected chi connectivity index (χ4v) is 2.22. The van der Waals surface area contributed by atoms with Gasteiger partial charge in [-0.15, -0.1) is 0 Å². The molecule has 0 spiro atoms. The largest absolute Gasteiger partial charge is 0.335 e. The van der Waals surface area contributed by atoms with Gasteiger partial charge in [0.15, 0.2) is 0 Å². The smallest absolute Gasteiger partial charge is 0.240 e. The van der Waals surface area contributed by atoms with E-state index in [-0.39, 0.29) is 17.4 Å². The van der Waals surface area contributed by atoms with Crippen LogP contribution in [0.15, 0.2) is 18.2 Å². The van der Waals surface area contributed by atoms with Gasteiger partial charge in [0.25, 0.3) is 0 Å². The second kappa shape index (κ2) is 6.99. The van der Waals surface area contributed by atoms with Crippen molar-refractivity contribution in [3.63, 3.8) is 0 Å². The normalized spacial score (nSPS) is 13.4. The zero-order valence-corrected chi connectivity index (χ0v) is 14.8. The predicted octanol–water partition coefficient (Wildman–Crippen LogP) is 4.10. The molecule has 118 valence electrons. The Labute approximate surface area is 137 Å². The van der Waals surface area contributed by atoms with E-state index in [0.717, 1.165) is 5.56 Å². The highest BCUT2D eigenvalue weighted by Gasteiger charge is 2.32. The molecule has 1 aromatic rings. The van der Waals surface area contributed by atoms with Gasteiger partial charge in [0.1, 0.15) is 0 Å². The number of amides is 1. The van der Waals surface area contributed by atoms with Crippen LogP contribution >= 0.6 is 23.2 Å². The highest BCUT2D eigenvalue weighted by Crippen LogP contribution is 2.25. The van der Waals surface area contributed by atoms with Crippen LogP contribution in [0.25, 0.3) is 0 Å². The standard InChI is InChI=1S/C16H24Cl2N2O/c1-10(2)20(15(21)14(19)16(3,4)5)9-11-6-7-12(17)13(18)8-11/h6-8,10,14H,9,19H2,1-5H3/t14-/m0/s1. The zero-order valence-electron chi connectivity index (χ0n) is 13.3. The van der Waals surface area contributed by atoms with E-state index in [0.29, 0.717) is 16.6 Å². The molecule has 1 rings (SSSR count). The first kappa shape index (κ1) is 18.3. The molecule has 0 radical (unpaired) electrons. The summed E-state index contributed by atoms with van der Waals surface area (Å²) in [7, 11) is 0. The Balaban J connectivity index is 2.97. The molecule has 0 heterocycles. The molecule has 1 aromatic carbocycles. The first-order valence-electron chi connectivity index (χ1n) is 7.04. The average molecular weight is 331 g/mol. The van der Waals surface area contributed by atoms with Gasteiger partial charge in [-0.2, -0.15) is 0 Å². The van der Waals surface area contributed by atoms with Crippen molar-refractivity contribution in [1.82, 2.24) is 4.90 Å². The van der Waals surface area contributed by atoms with Gasteiger partial charge in [-0.25, -0.2) is 0 Å². The maximum absolute atomic E-state index is 12.6. The predicted molar refractivity (Wildman–Crippen MR) is 89.6 cm³/mol. The van der Waals surface area contributed by atoms with Crippen LogP contribution in [-0.4, -0.2) is 22.9 Å². The molecule has 1 amide bonds. The molecule has 0 unspecified atom stereocenters. The molecule has 0 aliphatic heterocycles. The van der Waals surface area contributed by atoms with E-state index in [9.17, 15) is 4.79 Å². The number of rotatable bonds is 4. The summed E-state index contributed by atoms with van der Waals surface area (Å²) in [6.07, 6.45) is 0. The van der Waals surface area contributed by atoms with Crippen LogP contribution in [0, 0.1) is 5.41 Å². The molecule has 0 bridgehead atoms. The van der Waals surface area contributed by atoms with Crippen molar-refractivity contribution >= 4 is 29.1 Å². The number of benzene rings is 1. The SMILES string of the molecule is CC(C)N(Cc1ccc(Cl)c(Cl)c1)C(=O)[C@H](N)C(C)(C)C. The summed E-state index contributed by atoms with van der Waals surface area (Å²) in [6, 6.07) is 4.92. The summed E-state index contributed by atoms with van der Waals surface area (Å²) >= 11 is 12.0. The fraction of sp³-hybridized carbons (Fsp3) is 0.562. The van der Waals surface area contributed by atoms with Gasteiger partial charge in [0, 0.05) is 12.6 Å². The van der Waals surface area contributed by atoms with Crippen LogP contribution in [0.3, 0.4) is 0 Å². The second-order valence-electron chi connectivity index (χ2n) is 6.65. The number of nitrogens with two attached hydrogens (primary N) is 1. The van der Waals surface area contributed by atoms with E-state index >= 15 is 0 Å². The monoisotopic (exact) mass is 330 g/mol. The molecular formula is C16H24Cl2N2O. The van der Waals surface area contributed by atoms with Crippen molar-refractivity contribution in [1.29, 1.82) is 0 Å². The number of hydrogen-bond donors (Lipinski definition) is 1. The quantitative estimate of drug-likeness (QED) is 0.903. The number of carbonyl (C=O) groups excluding carboxylic acids is 1. The topological polar surface area (TPSA) is 46.3 Å². The van der Waals surface area contributed by atoms with Crippen LogP contribution in [0.5, 0.6) is 0 Å². The number of hydrogen-bond acceptors (Lipinski definition) is 2. The third kappa shape index (κ3) is 4.87. The minimum atomic E-state index is -0.539. The lowest BCUT2D eigenvalue weighted by atomic mass is 9.86. The molecule has 0 aliphatic rings. The molecule has 0 aromatic heterocycles. The second-order valence-corrected chi connectivity index (χ2v) is 7.47. The molecule has 21 heavy (non-hydrogen) atoms. The third-order valence-electron chi connectivity index (χ3n) is 3.44. The third-order valence-corrected chi connectivity index (χ3v) is 4.18. The molecule has 3 nitrogen and oxygen atoms in total. The minimum absolute atomic E-state index is 0.0522. The van der Waals surface area contributed by atoms with Crippen molar-refractivity contribution < 1.29 is 4.79 Å². The van der Waals surface area contributed by atoms with Crippen LogP contribution in [0.4, 0.5) is 0 Å². The van der Waals surface area contributed by atoms with Gasteiger partial charge < -0.3 is 10.6 Å². The number of nitrogens with zero attached hydrogens (tertiary/aromatic N) is 1. The number of halogens is 2. The Morgan fingerprint density at radius 3 is 2.24 bits per heavy atom. The molecule has 5 heteroatoms. The van der Waals surface area contributed by atoms with E-state index in [1.165, 1.54) is 0 Å². The first-order valence-corrected chi connectivity index (χ1v) is 7.79. The lowest BCUT2D eigenvalue weighted by Gasteiger charge is -2.34. The van der Waals surface area contributed by atoms with Crippen LogP contribution in [0.1, 0.15) is 40.2 Å². The molecule has 1 atom stereocenters. The first-order chi connectivity index (χ1) is 9.54. The lowest BCUT2D eigenvalue weighted by molar-refractivity contribution is -0.137. The van der Waals surface area contributed by atoms with Gasteiger partial charge in [0.05, 0.1) is 16.1 Å². The minimum Gasteiger partial charge on any atom is -0.335 e. The zero-order chi connectivity index (χ0) is 16.4. The number of carbonyl (C=O) groups is 1. The average Bonchev–Trinajstić information content (AvgIpc) is 2.36. The van der Waals surface area contributed by atoms with Gasteiger partial charge in [-0.3, -0.25) is 4.79 Å². The van der Waals surface area contributed by atoms with E-state index in [4.69, 9.17) is 28.9 Å². The maximum atomic E-state index is 12.6. The van der Waals surface area contributed by atoms with Crippen molar-refractivity contribution in [2.45, 2.75) is 53.2 Å². The summed E-state index contributed by atoms with van der Waals surface area (Å²) in [5.41, 5.74) is 6.76. The van der Waals surface area contributed by atoms with E-state index in [1.807, 2.05) is 40.7 Å². The lowest BCUT2D eigenvalue weighted by Crippen LogP contribution is -2.52. The van der Waals surface area contributed by atoms with E-state index < -0.39 is 6.04 Å². The molecule has 0 aliphatic carbocycles.